The van der Waals surface area contributed by atoms with E-state index in [1.807, 2.05) is 13.8 Å². The number of hydrogen-bond donors (Lipinski definition) is 0. The van der Waals surface area contributed by atoms with Gasteiger partial charge >= 0.3 is 0 Å². The summed E-state index contributed by atoms with van der Waals surface area (Å²) in [6, 6.07) is 3.47. The molecule has 1 aliphatic heterocycles. The van der Waals surface area contributed by atoms with Crippen LogP contribution in [-0.2, 0) is 4.74 Å². The molecule has 2 atom stereocenters. The fourth-order valence-electron chi connectivity index (χ4n) is 2.23. The molecule has 0 radical (unpaired) electrons. The first-order chi connectivity index (χ1) is 8.61. The van der Waals surface area contributed by atoms with E-state index in [0.717, 1.165) is 0 Å². The average Bonchev–Trinajstić information content (AvgIpc) is 2.36. The van der Waals surface area contributed by atoms with Crippen molar-refractivity contribution in [2.75, 3.05) is 20.2 Å². The maximum Gasteiger partial charge on any atom is 0.259 e. The summed E-state index contributed by atoms with van der Waals surface area (Å²) in [5.41, 5.74) is 0.501. The van der Waals surface area contributed by atoms with Gasteiger partial charge in [0.2, 0.25) is 5.88 Å². The molecule has 1 fully saturated rings. The molecule has 1 aromatic heterocycles. The number of rotatable bonds is 2. The Morgan fingerprint density at radius 2 is 2.11 bits per heavy atom. The number of hydrogen-bond acceptors (Lipinski definition) is 4. The molecular weight excluding hydrogens is 232 g/mol. The smallest absolute Gasteiger partial charge is 0.259 e. The average molecular weight is 250 g/mol. The van der Waals surface area contributed by atoms with Crippen LogP contribution in [0.4, 0.5) is 0 Å². The molecule has 0 spiro atoms. The number of ether oxygens (including phenoxy) is 2. The topological polar surface area (TPSA) is 51.7 Å². The van der Waals surface area contributed by atoms with Crippen molar-refractivity contribution in [1.82, 2.24) is 9.88 Å². The number of nitrogens with zero attached hydrogens (tertiary/aromatic N) is 2. The number of pyridine rings is 1. The Balaban J connectivity index is 2.20. The molecule has 5 heteroatoms. The first-order valence-electron chi connectivity index (χ1n) is 6.05. The van der Waals surface area contributed by atoms with E-state index < -0.39 is 0 Å². The summed E-state index contributed by atoms with van der Waals surface area (Å²) in [5.74, 6) is 0.316. The number of morpholine rings is 1. The van der Waals surface area contributed by atoms with E-state index in [4.69, 9.17) is 9.47 Å². The summed E-state index contributed by atoms with van der Waals surface area (Å²) in [7, 11) is 1.52. The number of aromatic nitrogens is 1. The third kappa shape index (κ3) is 2.61. The van der Waals surface area contributed by atoms with Gasteiger partial charge in [-0.25, -0.2) is 4.98 Å². The molecule has 98 valence electrons. The van der Waals surface area contributed by atoms with Gasteiger partial charge < -0.3 is 14.4 Å². The Kier molecular flexibility index (Phi) is 3.81. The Morgan fingerprint density at radius 3 is 2.72 bits per heavy atom. The highest BCUT2D eigenvalue weighted by atomic mass is 16.5. The predicted molar refractivity (Wildman–Crippen MR) is 66.7 cm³/mol. The van der Waals surface area contributed by atoms with Gasteiger partial charge in [-0.2, -0.15) is 0 Å². The van der Waals surface area contributed by atoms with Crippen LogP contribution in [0.15, 0.2) is 18.3 Å². The first-order valence-corrected chi connectivity index (χ1v) is 6.05. The Hall–Kier alpha value is -1.62. The lowest BCUT2D eigenvalue weighted by Gasteiger charge is -2.35. The Labute approximate surface area is 107 Å². The molecule has 1 aromatic rings. The van der Waals surface area contributed by atoms with Gasteiger partial charge in [0, 0.05) is 19.3 Å². The molecule has 2 rings (SSSR count). The van der Waals surface area contributed by atoms with Crippen molar-refractivity contribution in [3.8, 4) is 5.88 Å². The maximum absolute atomic E-state index is 12.4. The Bertz CT molecular complexity index is 426. The van der Waals surface area contributed by atoms with E-state index in [0.29, 0.717) is 24.5 Å². The van der Waals surface area contributed by atoms with Crippen molar-refractivity contribution in [2.24, 2.45) is 0 Å². The zero-order valence-corrected chi connectivity index (χ0v) is 10.9. The van der Waals surface area contributed by atoms with Gasteiger partial charge in [-0.1, -0.05) is 0 Å². The van der Waals surface area contributed by atoms with Crippen LogP contribution >= 0.6 is 0 Å². The summed E-state index contributed by atoms with van der Waals surface area (Å²) < 4.78 is 10.7. The van der Waals surface area contributed by atoms with Crippen LogP contribution in [0.1, 0.15) is 24.2 Å². The van der Waals surface area contributed by atoms with Crippen LogP contribution in [-0.4, -0.2) is 48.2 Å². The van der Waals surface area contributed by atoms with Crippen LogP contribution in [0.3, 0.4) is 0 Å². The van der Waals surface area contributed by atoms with Crippen molar-refractivity contribution in [3.05, 3.63) is 23.9 Å². The highest BCUT2D eigenvalue weighted by Crippen LogP contribution is 2.19. The lowest BCUT2D eigenvalue weighted by Crippen LogP contribution is -2.48. The second-order valence-corrected chi connectivity index (χ2v) is 4.53. The van der Waals surface area contributed by atoms with E-state index in [-0.39, 0.29) is 18.1 Å². The van der Waals surface area contributed by atoms with E-state index >= 15 is 0 Å². The SMILES string of the molecule is COc1ncccc1C(=O)N1C[C@@H](C)O[C@H](C)C1. The van der Waals surface area contributed by atoms with Gasteiger partial charge in [-0.3, -0.25) is 4.79 Å². The standard InChI is InChI=1S/C13H18N2O3/c1-9-7-15(8-10(2)18-9)13(16)11-5-4-6-14-12(11)17-3/h4-6,9-10H,7-8H2,1-3H3/t9-,10-/m1/s1. The van der Waals surface area contributed by atoms with Crippen LogP contribution in [0.2, 0.25) is 0 Å². The minimum atomic E-state index is -0.0537. The normalized spacial score (nSPS) is 23.8. The molecular formula is C13H18N2O3. The van der Waals surface area contributed by atoms with Crippen molar-refractivity contribution in [3.63, 3.8) is 0 Å². The number of amides is 1. The predicted octanol–water partition coefficient (Wildman–Crippen LogP) is 1.34. The van der Waals surface area contributed by atoms with Crippen LogP contribution < -0.4 is 4.74 Å². The summed E-state index contributed by atoms with van der Waals surface area (Å²) in [5, 5.41) is 0. The highest BCUT2D eigenvalue weighted by molar-refractivity contribution is 5.96. The number of carbonyl (C=O) groups is 1. The first kappa shape index (κ1) is 12.8. The summed E-state index contributed by atoms with van der Waals surface area (Å²) >= 11 is 0. The molecule has 0 bridgehead atoms. The Morgan fingerprint density at radius 1 is 1.44 bits per heavy atom. The van der Waals surface area contributed by atoms with Gasteiger partial charge in [0.05, 0.1) is 19.3 Å². The van der Waals surface area contributed by atoms with Gasteiger partial charge in [0.15, 0.2) is 0 Å². The molecule has 5 nitrogen and oxygen atoms in total. The van der Waals surface area contributed by atoms with Crippen LogP contribution in [0, 0.1) is 0 Å². The summed E-state index contributed by atoms with van der Waals surface area (Å²) in [6.07, 6.45) is 1.72. The molecule has 0 unspecified atom stereocenters. The molecule has 2 heterocycles. The quantitative estimate of drug-likeness (QED) is 0.794. The third-order valence-electron chi connectivity index (χ3n) is 2.90. The van der Waals surface area contributed by atoms with Gasteiger partial charge in [-0.05, 0) is 26.0 Å². The summed E-state index contributed by atoms with van der Waals surface area (Å²) in [6.45, 7) is 5.13. The van der Waals surface area contributed by atoms with E-state index in [9.17, 15) is 4.79 Å². The molecule has 1 saturated heterocycles. The number of methoxy groups -OCH3 is 1. The number of carbonyl (C=O) groups excluding carboxylic acids is 1. The van der Waals surface area contributed by atoms with E-state index in [1.54, 1.807) is 23.2 Å². The van der Waals surface area contributed by atoms with Gasteiger partial charge in [0.1, 0.15) is 5.56 Å². The van der Waals surface area contributed by atoms with Crippen LogP contribution in [0.25, 0.3) is 0 Å². The van der Waals surface area contributed by atoms with Crippen molar-refractivity contribution in [1.29, 1.82) is 0 Å². The molecule has 0 aliphatic carbocycles. The maximum atomic E-state index is 12.4. The molecule has 1 amide bonds. The largest absolute Gasteiger partial charge is 0.480 e. The lowest BCUT2D eigenvalue weighted by atomic mass is 10.2. The second-order valence-electron chi connectivity index (χ2n) is 4.53. The second kappa shape index (κ2) is 5.35. The molecule has 18 heavy (non-hydrogen) atoms. The molecule has 0 saturated carbocycles. The minimum absolute atomic E-state index is 0.0537. The minimum Gasteiger partial charge on any atom is -0.480 e. The fraction of sp³-hybridized carbons (Fsp3) is 0.538. The zero-order valence-electron chi connectivity index (χ0n) is 10.9. The summed E-state index contributed by atoms with van der Waals surface area (Å²) in [4.78, 5) is 18.3. The molecule has 0 N–H and O–H groups in total. The zero-order chi connectivity index (χ0) is 13.1. The van der Waals surface area contributed by atoms with Gasteiger partial charge in [0.25, 0.3) is 5.91 Å². The van der Waals surface area contributed by atoms with Crippen molar-refractivity contribution in [2.45, 2.75) is 26.1 Å². The molecule has 0 aromatic carbocycles. The lowest BCUT2D eigenvalue weighted by molar-refractivity contribution is -0.0586. The van der Waals surface area contributed by atoms with E-state index in [1.165, 1.54) is 7.11 Å². The van der Waals surface area contributed by atoms with E-state index in [2.05, 4.69) is 4.98 Å². The van der Waals surface area contributed by atoms with Crippen molar-refractivity contribution >= 4 is 5.91 Å². The molecule has 1 aliphatic rings. The monoisotopic (exact) mass is 250 g/mol. The van der Waals surface area contributed by atoms with Gasteiger partial charge in [-0.15, -0.1) is 0 Å². The fourth-order valence-corrected chi connectivity index (χ4v) is 2.23. The van der Waals surface area contributed by atoms with Crippen molar-refractivity contribution < 1.29 is 14.3 Å². The third-order valence-corrected chi connectivity index (χ3v) is 2.90. The van der Waals surface area contributed by atoms with Crippen LogP contribution in [0.5, 0.6) is 5.88 Å². The highest BCUT2D eigenvalue weighted by Gasteiger charge is 2.28.